The van der Waals surface area contributed by atoms with Crippen LogP contribution < -0.4 is 11.1 Å². The van der Waals surface area contributed by atoms with Gasteiger partial charge in [0.25, 0.3) is 0 Å². The zero-order valence-electron chi connectivity index (χ0n) is 11.9. The molecule has 0 aliphatic carbocycles. The lowest BCUT2D eigenvalue weighted by Gasteiger charge is -2.22. The van der Waals surface area contributed by atoms with E-state index in [4.69, 9.17) is 10.9 Å². The molecule has 0 aliphatic rings. The molecule has 6 heteroatoms. The van der Waals surface area contributed by atoms with Gasteiger partial charge < -0.3 is 16.3 Å². The second-order valence-corrected chi connectivity index (χ2v) is 6.39. The summed E-state index contributed by atoms with van der Waals surface area (Å²) >= 11 is 1.69. The molecule has 0 radical (unpaired) electrons. The molecule has 0 spiro atoms. The first kappa shape index (κ1) is 15.9. The first-order chi connectivity index (χ1) is 8.95. The standard InChI is InChI=1S/C13H24N4OS/c1-10-16-11(9-19-10)5-8-15-7-4-6-13(2,3)12(14)17-18/h9,15,18H,4-8H2,1-3H3,(H2,14,17). The highest BCUT2D eigenvalue weighted by atomic mass is 32.1. The Kier molecular flexibility index (Phi) is 6.24. The topological polar surface area (TPSA) is 83.5 Å². The number of nitrogens with two attached hydrogens (primary N) is 1. The summed E-state index contributed by atoms with van der Waals surface area (Å²) in [7, 11) is 0. The van der Waals surface area contributed by atoms with Gasteiger partial charge in [0.2, 0.25) is 0 Å². The molecule has 0 amide bonds. The summed E-state index contributed by atoms with van der Waals surface area (Å²) in [5.41, 5.74) is 6.55. The number of aryl methyl sites for hydroxylation is 1. The van der Waals surface area contributed by atoms with Crippen molar-refractivity contribution in [2.75, 3.05) is 13.1 Å². The highest BCUT2D eigenvalue weighted by molar-refractivity contribution is 7.09. The van der Waals surface area contributed by atoms with E-state index in [1.165, 1.54) is 0 Å². The summed E-state index contributed by atoms with van der Waals surface area (Å²) < 4.78 is 0. The first-order valence-corrected chi connectivity index (χ1v) is 7.43. The minimum atomic E-state index is -0.248. The number of hydrogen-bond donors (Lipinski definition) is 3. The van der Waals surface area contributed by atoms with Crippen molar-refractivity contribution in [1.29, 1.82) is 0 Å². The molecule has 0 aromatic carbocycles. The molecule has 19 heavy (non-hydrogen) atoms. The lowest BCUT2D eigenvalue weighted by atomic mass is 9.86. The van der Waals surface area contributed by atoms with Gasteiger partial charge in [0.15, 0.2) is 0 Å². The van der Waals surface area contributed by atoms with Gasteiger partial charge in [-0.3, -0.25) is 0 Å². The Balaban J connectivity index is 2.11. The zero-order chi connectivity index (χ0) is 14.3. The second kappa shape index (κ2) is 7.45. The van der Waals surface area contributed by atoms with Gasteiger partial charge in [0, 0.05) is 23.8 Å². The van der Waals surface area contributed by atoms with Gasteiger partial charge in [0.1, 0.15) is 5.84 Å². The largest absolute Gasteiger partial charge is 0.409 e. The normalized spacial score (nSPS) is 12.9. The molecule has 5 nitrogen and oxygen atoms in total. The van der Waals surface area contributed by atoms with E-state index in [0.717, 1.165) is 43.1 Å². The van der Waals surface area contributed by atoms with Crippen molar-refractivity contribution < 1.29 is 5.21 Å². The van der Waals surface area contributed by atoms with Crippen LogP contribution in [0.1, 0.15) is 37.4 Å². The van der Waals surface area contributed by atoms with Crippen LogP contribution in [0.5, 0.6) is 0 Å². The molecule has 0 atom stereocenters. The summed E-state index contributed by atoms with van der Waals surface area (Å²) in [6.45, 7) is 7.87. The Hall–Kier alpha value is -1.14. The van der Waals surface area contributed by atoms with Crippen molar-refractivity contribution in [2.24, 2.45) is 16.3 Å². The minimum absolute atomic E-state index is 0.248. The van der Waals surface area contributed by atoms with Crippen molar-refractivity contribution in [3.8, 4) is 0 Å². The fraction of sp³-hybridized carbons (Fsp3) is 0.692. The summed E-state index contributed by atoms with van der Waals surface area (Å²) in [5, 5.41) is 18.4. The molecule has 1 heterocycles. The maximum absolute atomic E-state index is 8.68. The molecule has 1 aromatic heterocycles. The van der Waals surface area contributed by atoms with E-state index in [9.17, 15) is 0 Å². The SMILES string of the molecule is Cc1nc(CCNCCCC(C)(C)C(N)=NO)cs1. The molecular weight excluding hydrogens is 260 g/mol. The van der Waals surface area contributed by atoms with E-state index in [2.05, 4.69) is 20.8 Å². The Morgan fingerprint density at radius 2 is 2.26 bits per heavy atom. The van der Waals surface area contributed by atoms with E-state index in [0.29, 0.717) is 5.84 Å². The van der Waals surface area contributed by atoms with Gasteiger partial charge in [0.05, 0.1) is 10.7 Å². The van der Waals surface area contributed by atoms with Gasteiger partial charge in [-0.25, -0.2) is 4.98 Å². The van der Waals surface area contributed by atoms with Crippen LogP contribution in [0.15, 0.2) is 10.5 Å². The fourth-order valence-electron chi connectivity index (χ4n) is 1.78. The number of thiazole rings is 1. The van der Waals surface area contributed by atoms with E-state index in [-0.39, 0.29) is 5.41 Å². The summed E-state index contributed by atoms with van der Waals surface area (Å²) in [6, 6.07) is 0. The monoisotopic (exact) mass is 284 g/mol. The van der Waals surface area contributed by atoms with Gasteiger partial charge in [-0.05, 0) is 26.3 Å². The summed E-state index contributed by atoms with van der Waals surface area (Å²) in [4.78, 5) is 4.42. The molecule has 1 aromatic rings. The Labute approximate surface area is 118 Å². The zero-order valence-corrected chi connectivity index (χ0v) is 12.8. The number of rotatable bonds is 8. The van der Waals surface area contributed by atoms with Crippen LogP contribution >= 0.6 is 11.3 Å². The average molecular weight is 284 g/mol. The first-order valence-electron chi connectivity index (χ1n) is 6.55. The molecule has 0 aliphatic heterocycles. The number of aromatic nitrogens is 1. The Bertz CT molecular complexity index is 415. The van der Waals surface area contributed by atoms with E-state index < -0.39 is 0 Å². The number of nitrogens with zero attached hydrogens (tertiary/aromatic N) is 2. The van der Waals surface area contributed by atoms with Crippen LogP contribution in [0.3, 0.4) is 0 Å². The predicted octanol–water partition coefficient (Wildman–Crippen LogP) is 2.14. The van der Waals surface area contributed by atoms with E-state index in [1.54, 1.807) is 11.3 Å². The van der Waals surface area contributed by atoms with E-state index >= 15 is 0 Å². The Morgan fingerprint density at radius 3 is 2.84 bits per heavy atom. The van der Waals surface area contributed by atoms with Crippen molar-refractivity contribution in [3.63, 3.8) is 0 Å². The van der Waals surface area contributed by atoms with Crippen molar-refractivity contribution in [2.45, 2.75) is 40.0 Å². The number of amidine groups is 1. The van der Waals surface area contributed by atoms with E-state index in [1.807, 2.05) is 20.8 Å². The van der Waals surface area contributed by atoms with Crippen molar-refractivity contribution in [1.82, 2.24) is 10.3 Å². The molecule has 108 valence electrons. The third-order valence-electron chi connectivity index (χ3n) is 3.18. The van der Waals surface area contributed by atoms with Gasteiger partial charge in [-0.15, -0.1) is 11.3 Å². The average Bonchev–Trinajstić information content (AvgIpc) is 2.78. The van der Waals surface area contributed by atoms with Crippen LogP contribution in [-0.4, -0.2) is 29.1 Å². The quantitative estimate of drug-likeness (QED) is 0.224. The molecule has 4 N–H and O–H groups in total. The number of nitrogens with one attached hydrogen (secondary N) is 1. The Morgan fingerprint density at radius 1 is 1.53 bits per heavy atom. The van der Waals surface area contributed by atoms with Crippen molar-refractivity contribution in [3.05, 3.63) is 16.1 Å². The summed E-state index contributed by atoms with van der Waals surface area (Å²) in [6.07, 6.45) is 2.86. The minimum Gasteiger partial charge on any atom is -0.409 e. The second-order valence-electron chi connectivity index (χ2n) is 5.33. The lowest BCUT2D eigenvalue weighted by molar-refractivity contribution is 0.304. The fourth-order valence-corrected chi connectivity index (χ4v) is 2.43. The highest BCUT2D eigenvalue weighted by Gasteiger charge is 2.22. The summed E-state index contributed by atoms with van der Waals surface area (Å²) in [5.74, 6) is 0.297. The van der Waals surface area contributed by atoms with Crippen LogP contribution in [0.2, 0.25) is 0 Å². The van der Waals surface area contributed by atoms with Gasteiger partial charge in [-0.2, -0.15) is 0 Å². The van der Waals surface area contributed by atoms with Crippen LogP contribution in [0.4, 0.5) is 0 Å². The third-order valence-corrected chi connectivity index (χ3v) is 4.00. The number of hydrogen-bond acceptors (Lipinski definition) is 5. The smallest absolute Gasteiger partial charge is 0.144 e. The molecule has 0 unspecified atom stereocenters. The van der Waals surface area contributed by atoms with Gasteiger partial charge >= 0.3 is 0 Å². The maximum atomic E-state index is 8.68. The number of oxime groups is 1. The molecule has 0 saturated carbocycles. The third kappa shape index (κ3) is 5.57. The van der Waals surface area contributed by atoms with Crippen LogP contribution in [0, 0.1) is 12.3 Å². The molecule has 1 rings (SSSR count). The molecular formula is C13H24N4OS. The molecule has 0 bridgehead atoms. The molecule has 0 fully saturated rings. The highest BCUT2D eigenvalue weighted by Crippen LogP contribution is 2.21. The van der Waals surface area contributed by atoms with Crippen LogP contribution in [-0.2, 0) is 6.42 Å². The lowest BCUT2D eigenvalue weighted by Crippen LogP contribution is -2.32. The van der Waals surface area contributed by atoms with Crippen molar-refractivity contribution >= 4 is 17.2 Å². The predicted molar refractivity (Wildman–Crippen MR) is 79.8 cm³/mol. The van der Waals surface area contributed by atoms with Crippen LogP contribution in [0.25, 0.3) is 0 Å². The molecule has 0 saturated heterocycles. The maximum Gasteiger partial charge on any atom is 0.144 e. The van der Waals surface area contributed by atoms with Gasteiger partial charge in [-0.1, -0.05) is 19.0 Å².